The summed E-state index contributed by atoms with van der Waals surface area (Å²) in [7, 11) is 2.07. The fourth-order valence-electron chi connectivity index (χ4n) is 3.48. The molecule has 1 aliphatic heterocycles. The molecule has 2 N–H and O–H groups in total. The van der Waals surface area contributed by atoms with Crippen LogP contribution in [0.15, 0.2) is 24.3 Å². The Morgan fingerprint density at radius 3 is 2.65 bits per heavy atom. The van der Waals surface area contributed by atoms with Gasteiger partial charge in [0.25, 0.3) is 0 Å². The normalized spacial score (nSPS) is 29.4. The van der Waals surface area contributed by atoms with Crippen molar-refractivity contribution in [2.75, 3.05) is 29.9 Å². The van der Waals surface area contributed by atoms with Gasteiger partial charge in [-0.1, -0.05) is 18.6 Å². The van der Waals surface area contributed by atoms with Crippen molar-refractivity contribution in [2.45, 2.75) is 32.2 Å². The highest BCUT2D eigenvalue weighted by Crippen LogP contribution is 2.41. The zero-order valence-electron chi connectivity index (χ0n) is 12.3. The van der Waals surface area contributed by atoms with Crippen LogP contribution >= 0.6 is 0 Å². The summed E-state index contributed by atoms with van der Waals surface area (Å²) in [6.45, 7) is 3.65. The van der Waals surface area contributed by atoms with Gasteiger partial charge in [-0.25, -0.2) is 0 Å². The highest BCUT2D eigenvalue weighted by Gasteiger charge is 2.46. The number of nitrogens with zero attached hydrogens (tertiary/aromatic N) is 2. The molecule has 1 fully saturated rings. The Labute approximate surface area is 120 Å². The Bertz CT molecular complexity index is 530. The van der Waals surface area contributed by atoms with Gasteiger partial charge in [0.05, 0.1) is 16.8 Å². The molecule has 0 saturated heterocycles. The standard InChI is InChI=1S/C16H23N3O/c1-16(9-5-8-14(16)17)15(20)19-11-10-18(2)12-6-3-4-7-13(12)19/h3-4,6-7,14H,5,8-11,17H2,1-2H3. The summed E-state index contributed by atoms with van der Waals surface area (Å²) >= 11 is 0. The molecular formula is C16H23N3O. The van der Waals surface area contributed by atoms with Crippen LogP contribution in [-0.4, -0.2) is 32.1 Å². The van der Waals surface area contributed by atoms with Gasteiger partial charge in [0, 0.05) is 26.2 Å². The molecule has 2 atom stereocenters. The second-order valence-corrected chi connectivity index (χ2v) is 6.28. The Kier molecular flexibility index (Phi) is 3.21. The maximum Gasteiger partial charge on any atom is 0.234 e. The van der Waals surface area contributed by atoms with Gasteiger partial charge in [-0.2, -0.15) is 0 Å². The second kappa shape index (κ2) is 4.77. The molecule has 1 amide bonds. The van der Waals surface area contributed by atoms with E-state index < -0.39 is 5.41 Å². The molecule has 2 unspecified atom stereocenters. The van der Waals surface area contributed by atoms with Crippen molar-refractivity contribution in [2.24, 2.45) is 11.1 Å². The monoisotopic (exact) mass is 273 g/mol. The SMILES string of the molecule is CN1CCN(C(=O)C2(C)CCCC2N)c2ccccc21. The quantitative estimate of drug-likeness (QED) is 0.851. The lowest BCUT2D eigenvalue weighted by Crippen LogP contribution is -2.52. The zero-order chi connectivity index (χ0) is 14.3. The van der Waals surface area contributed by atoms with E-state index in [4.69, 9.17) is 5.73 Å². The van der Waals surface area contributed by atoms with Crippen LogP contribution in [0.25, 0.3) is 0 Å². The molecule has 1 aromatic rings. The third-order valence-electron chi connectivity index (χ3n) is 5.01. The molecule has 4 nitrogen and oxygen atoms in total. The van der Waals surface area contributed by atoms with Crippen LogP contribution in [0.3, 0.4) is 0 Å². The van der Waals surface area contributed by atoms with E-state index in [0.717, 1.165) is 43.7 Å². The number of amides is 1. The Hall–Kier alpha value is -1.55. The van der Waals surface area contributed by atoms with Crippen LogP contribution in [0.2, 0.25) is 0 Å². The average Bonchev–Trinajstić information content (AvgIpc) is 2.80. The average molecular weight is 273 g/mol. The molecule has 0 aromatic heterocycles. The van der Waals surface area contributed by atoms with E-state index in [9.17, 15) is 4.79 Å². The number of carbonyl (C=O) groups excluding carboxylic acids is 1. The van der Waals surface area contributed by atoms with E-state index in [1.807, 2.05) is 30.0 Å². The van der Waals surface area contributed by atoms with Gasteiger partial charge >= 0.3 is 0 Å². The van der Waals surface area contributed by atoms with Crippen LogP contribution in [0.5, 0.6) is 0 Å². The van der Waals surface area contributed by atoms with Gasteiger partial charge in [-0.3, -0.25) is 4.79 Å². The van der Waals surface area contributed by atoms with Crippen LogP contribution in [0.1, 0.15) is 26.2 Å². The molecule has 20 heavy (non-hydrogen) atoms. The molecule has 0 radical (unpaired) electrons. The van der Waals surface area contributed by atoms with Crippen molar-refractivity contribution >= 4 is 17.3 Å². The molecule has 1 aromatic carbocycles. The van der Waals surface area contributed by atoms with Crippen molar-refractivity contribution in [1.29, 1.82) is 0 Å². The van der Waals surface area contributed by atoms with Gasteiger partial charge in [0.1, 0.15) is 0 Å². The number of nitrogens with two attached hydrogens (primary N) is 1. The van der Waals surface area contributed by atoms with Gasteiger partial charge in [-0.15, -0.1) is 0 Å². The number of benzene rings is 1. The minimum Gasteiger partial charge on any atom is -0.371 e. The van der Waals surface area contributed by atoms with E-state index in [1.165, 1.54) is 0 Å². The van der Waals surface area contributed by atoms with Crippen molar-refractivity contribution in [3.05, 3.63) is 24.3 Å². The largest absolute Gasteiger partial charge is 0.371 e. The summed E-state index contributed by atoms with van der Waals surface area (Å²) in [6.07, 6.45) is 2.91. The van der Waals surface area contributed by atoms with Crippen molar-refractivity contribution in [3.8, 4) is 0 Å². The number of rotatable bonds is 1. The summed E-state index contributed by atoms with van der Waals surface area (Å²) < 4.78 is 0. The number of hydrogen-bond acceptors (Lipinski definition) is 3. The lowest BCUT2D eigenvalue weighted by atomic mass is 9.83. The smallest absolute Gasteiger partial charge is 0.234 e. The Morgan fingerprint density at radius 1 is 1.30 bits per heavy atom. The molecule has 0 spiro atoms. The third-order valence-corrected chi connectivity index (χ3v) is 5.01. The first-order chi connectivity index (χ1) is 9.54. The lowest BCUT2D eigenvalue weighted by molar-refractivity contribution is -0.127. The first-order valence-electron chi connectivity index (χ1n) is 7.42. The van der Waals surface area contributed by atoms with E-state index >= 15 is 0 Å². The van der Waals surface area contributed by atoms with E-state index in [0.29, 0.717) is 0 Å². The van der Waals surface area contributed by atoms with Gasteiger partial charge in [0.2, 0.25) is 5.91 Å². The van der Waals surface area contributed by atoms with Crippen molar-refractivity contribution < 1.29 is 4.79 Å². The topological polar surface area (TPSA) is 49.6 Å². The fraction of sp³-hybridized carbons (Fsp3) is 0.562. The van der Waals surface area contributed by atoms with E-state index in [1.54, 1.807) is 0 Å². The lowest BCUT2D eigenvalue weighted by Gasteiger charge is -2.40. The summed E-state index contributed by atoms with van der Waals surface area (Å²) in [5.74, 6) is 0.197. The predicted octanol–water partition coefficient (Wildman–Crippen LogP) is 1.99. The molecule has 108 valence electrons. The fourth-order valence-corrected chi connectivity index (χ4v) is 3.48. The molecule has 4 heteroatoms. The van der Waals surface area contributed by atoms with Crippen LogP contribution in [-0.2, 0) is 4.79 Å². The number of anilines is 2. The maximum absolute atomic E-state index is 13.0. The number of carbonyl (C=O) groups is 1. The number of likely N-dealkylation sites (N-methyl/N-ethyl adjacent to an activating group) is 1. The number of para-hydroxylation sites is 2. The molecule has 1 saturated carbocycles. The predicted molar refractivity (Wildman–Crippen MR) is 82.0 cm³/mol. The van der Waals surface area contributed by atoms with Gasteiger partial charge in [0.15, 0.2) is 0 Å². The summed E-state index contributed by atoms with van der Waals surface area (Å²) in [6, 6.07) is 8.11. The van der Waals surface area contributed by atoms with Crippen LogP contribution in [0, 0.1) is 5.41 Å². The zero-order valence-corrected chi connectivity index (χ0v) is 12.3. The van der Waals surface area contributed by atoms with Crippen LogP contribution < -0.4 is 15.5 Å². The summed E-state index contributed by atoms with van der Waals surface area (Å²) in [5.41, 5.74) is 7.96. The highest BCUT2D eigenvalue weighted by atomic mass is 16.2. The molecule has 1 heterocycles. The van der Waals surface area contributed by atoms with Gasteiger partial charge < -0.3 is 15.5 Å². The second-order valence-electron chi connectivity index (χ2n) is 6.28. The molecular weight excluding hydrogens is 250 g/mol. The first kappa shape index (κ1) is 13.4. The Balaban J connectivity index is 1.96. The first-order valence-corrected chi connectivity index (χ1v) is 7.42. The van der Waals surface area contributed by atoms with Crippen molar-refractivity contribution in [1.82, 2.24) is 0 Å². The highest BCUT2D eigenvalue weighted by molar-refractivity contribution is 6.01. The van der Waals surface area contributed by atoms with Crippen LogP contribution in [0.4, 0.5) is 11.4 Å². The van der Waals surface area contributed by atoms with E-state index in [-0.39, 0.29) is 11.9 Å². The summed E-state index contributed by atoms with van der Waals surface area (Å²) in [5, 5.41) is 0. The molecule has 2 aliphatic rings. The molecule has 0 bridgehead atoms. The minimum absolute atomic E-state index is 0.0122. The third kappa shape index (κ3) is 1.90. The summed E-state index contributed by atoms with van der Waals surface area (Å²) in [4.78, 5) is 17.2. The number of hydrogen-bond donors (Lipinski definition) is 1. The van der Waals surface area contributed by atoms with Crippen molar-refractivity contribution in [3.63, 3.8) is 0 Å². The van der Waals surface area contributed by atoms with Gasteiger partial charge in [-0.05, 0) is 31.9 Å². The number of fused-ring (bicyclic) bond motifs is 1. The van der Waals surface area contributed by atoms with E-state index in [2.05, 4.69) is 18.0 Å². The molecule has 3 rings (SSSR count). The minimum atomic E-state index is -0.400. The Morgan fingerprint density at radius 2 is 2.00 bits per heavy atom. The maximum atomic E-state index is 13.0. The molecule has 1 aliphatic carbocycles.